The van der Waals surface area contributed by atoms with E-state index >= 15 is 0 Å². The molecule has 1 aliphatic heterocycles. The molecule has 0 radical (unpaired) electrons. The molecule has 0 amide bonds. The maximum absolute atomic E-state index is 11.6. The van der Waals surface area contributed by atoms with Crippen LogP contribution < -0.4 is 5.32 Å². The number of pyridine rings is 1. The van der Waals surface area contributed by atoms with Crippen molar-refractivity contribution in [1.82, 2.24) is 15.2 Å². The molecule has 3 aromatic rings. The number of furan rings is 1. The molecule has 154 valence electrons. The Morgan fingerprint density at radius 1 is 1.23 bits per heavy atom. The van der Waals surface area contributed by atoms with Crippen molar-refractivity contribution in [1.29, 1.82) is 0 Å². The van der Waals surface area contributed by atoms with Gasteiger partial charge >= 0.3 is 5.97 Å². The number of ether oxygens (including phenoxy) is 1. The topological polar surface area (TPSA) is 87.8 Å². The van der Waals surface area contributed by atoms with Gasteiger partial charge in [-0.15, -0.1) is 0 Å². The van der Waals surface area contributed by atoms with Crippen LogP contribution >= 0.6 is 12.2 Å². The largest absolute Gasteiger partial charge is 0.478 e. The number of carbonyl (C=O) groups is 1. The van der Waals surface area contributed by atoms with E-state index in [0.717, 1.165) is 5.69 Å². The van der Waals surface area contributed by atoms with E-state index in [9.17, 15) is 9.90 Å². The number of carboxylic acids is 1. The van der Waals surface area contributed by atoms with E-state index in [1.54, 1.807) is 43.6 Å². The molecule has 1 aliphatic rings. The highest BCUT2D eigenvalue weighted by Crippen LogP contribution is 2.40. The molecule has 1 fully saturated rings. The number of nitrogens with one attached hydrogen (secondary N) is 1. The van der Waals surface area contributed by atoms with Crippen LogP contribution in [-0.2, 0) is 4.74 Å². The summed E-state index contributed by atoms with van der Waals surface area (Å²) in [6.45, 7) is 1.08. The molecule has 0 bridgehead atoms. The maximum Gasteiger partial charge on any atom is 0.336 e. The van der Waals surface area contributed by atoms with Crippen molar-refractivity contribution in [3.63, 3.8) is 0 Å². The number of hydrogen-bond donors (Lipinski definition) is 2. The van der Waals surface area contributed by atoms with Crippen LogP contribution in [0.4, 0.5) is 0 Å². The van der Waals surface area contributed by atoms with E-state index < -0.39 is 5.97 Å². The minimum atomic E-state index is -1.000. The summed E-state index contributed by atoms with van der Waals surface area (Å²) < 4.78 is 11.4. The van der Waals surface area contributed by atoms with Crippen molar-refractivity contribution in [3.8, 4) is 11.3 Å². The molecule has 0 aliphatic carbocycles. The number of thiocarbonyl (C=S) groups is 1. The van der Waals surface area contributed by atoms with E-state index in [1.807, 2.05) is 29.2 Å². The highest BCUT2D eigenvalue weighted by Gasteiger charge is 2.41. The molecular formula is C22H21N3O4S. The van der Waals surface area contributed by atoms with Gasteiger partial charge in [0.15, 0.2) is 5.11 Å². The Kier molecular flexibility index (Phi) is 5.78. The van der Waals surface area contributed by atoms with Gasteiger partial charge in [0, 0.05) is 25.4 Å². The molecule has 0 unspecified atom stereocenters. The molecule has 1 saturated heterocycles. The van der Waals surface area contributed by atoms with E-state index in [4.69, 9.17) is 21.4 Å². The Morgan fingerprint density at radius 2 is 2.03 bits per heavy atom. The van der Waals surface area contributed by atoms with Gasteiger partial charge in [-0.1, -0.05) is 24.3 Å². The number of rotatable bonds is 7. The number of nitrogens with zero attached hydrogens (tertiary/aromatic N) is 2. The predicted octanol–water partition coefficient (Wildman–Crippen LogP) is 3.66. The number of benzene rings is 1. The summed E-state index contributed by atoms with van der Waals surface area (Å²) in [6, 6.07) is 15.7. The lowest BCUT2D eigenvalue weighted by Crippen LogP contribution is -2.32. The number of aromatic carboxylic acids is 1. The first kappa shape index (κ1) is 20.1. The lowest BCUT2D eigenvalue weighted by molar-refractivity contribution is 0.0697. The number of hydrogen-bond acceptors (Lipinski definition) is 5. The molecule has 1 aromatic carbocycles. The van der Waals surface area contributed by atoms with Crippen LogP contribution in [-0.4, -0.2) is 46.3 Å². The molecule has 2 aromatic heterocycles. The molecular weight excluding hydrogens is 402 g/mol. The van der Waals surface area contributed by atoms with Crippen LogP contribution in [0.5, 0.6) is 0 Å². The standard InChI is InChI=1S/C22H21N3O4S/c1-28-13-12-25-20(19(24-22(25)30)16-8-4-5-11-23-16)18-10-9-17(29-18)14-6-2-3-7-15(14)21(26)27/h2-11,19-20H,12-13H2,1H3,(H,24,30)(H,26,27)/t19-,20+/m0/s1. The minimum Gasteiger partial charge on any atom is -0.478 e. The first-order valence-corrected chi connectivity index (χ1v) is 9.90. The van der Waals surface area contributed by atoms with Crippen LogP contribution in [0.3, 0.4) is 0 Å². The zero-order chi connectivity index (χ0) is 21.1. The second kappa shape index (κ2) is 8.64. The quantitative estimate of drug-likeness (QED) is 0.557. The molecule has 7 nitrogen and oxygen atoms in total. The van der Waals surface area contributed by atoms with Crippen molar-refractivity contribution < 1.29 is 19.1 Å². The van der Waals surface area contributed by atoms with Gasteiger partial charge in [-0.3, -0.25) is 4.98 Å². The summed E-state index contributed by atoms with van der Waals surface area (Å²) in [5.74, 6) is 0.164. The second-order valence-electron chi connectivity index (χ2n) is 6.87. The number of carboxylic acid groups (broad SMARTS) is 1. The average molecular weight is 423 g/mol. The van der Waals surface area contributed by atoms with E-state index in [1.165, 1.54) is 0 Å². The van der Waals surface area contributed by atoms with Crippen molar-refractivity contribution in [2.24, 2.45) is 0 Å². The summed E-state index contributed by atoms with van der Waals surface area (Å²) in [6.07, 6.45) is 1.74. The molecule has 0 spiro atoms. The Bertz CT molecular complexity index is 1050. The van der Waals surface area contributed by atoms with E-state index in [2.05, 4.69) is 10.3 Å². The van der Waals surface area contributed by atoms with Crippen LogP contribution in [0.2, 0.25) is 0 Å². The summed E-state index contributed by atoms with van der Waals surface area (Å²) in [5.41, 5.74) is 1.56. The van der Waals surface area contributed by atoms with E-state index in [0.29, 0.717) is 35.3 Å². The lowest BCUT2D eigenvalue weighted by atomic mass is 10.0. The van der Waals surface area contributed by atoms with Crippen LogP contribution in [0.25, 0.3) is 11.3 Å². The highest BCUT2D eigenvalue weighted by molar-refractivity contribution is 7.80. The minimum absolute atomic E-state index is 0.191. The highest BCUT2D eigenvalue weighted by atomic mass is 32.1. The molecule has 3 heterocycles. The Morgan fingerprint density at radius 3 is 2.77 bits per heavy atom. The van der Waals surface area contributed by atoms with Gasteiger partial charge in [0.1, 0.15) is 17.6 Å². The molecule has 2 N–H and O–H groups in total. The van der Waals surface area contributed by atoms with Gasteiger partial charge in [-0.05, 0) is 42.5 Å². The predicted molar refractivity (Wildman–Crippen MR) is 115 cm³/mol. The third-order valence-corrected chi connectivity index (χ3v) is 5.43. The van der Waals surface area contributed by atoms with Gasteiger partial charge in [0.2, 0.25) is 0 Å². The summed E-state index contributed by atoms with van der Waals surface area (Å²) in [7, 11) is 1.64. The average Bonchev–Trinajstić information content (AvgIpc) is 3.37. The number of methoxy groups -OCH3 is 1. The fraction of sp³-hybridized carbons (Fsp3) is 0.227. The van der Waals surface area contributed by atoms with Crippen LogP contribution in [0.1, 0.15) is 33.9 Å². The maximum atomic E-state index is 11.6. The van der Waals surface area contributed by atoms with Crippen LogP contribution in [0, 0.1) is 0 Å². The normalized spacial score (nSPS) is 18.4. The number of aromatic nitrogens is 1. The Balaban J connectivity index is 1.74. The van der Waals surface area contributed by atoms with Gasteiger partial charge in [0.25, 0.3) is 0 Å². The molecule has 4 rings (SSSR count). The third kappa shape index (κ3) is 3.79. The zero-order valence-corrected chi connectivity index (χ0v) is 17.1. The lowest BCUT2D eigenvalue weighted by Gasteiger charge is -2.25. The first-order chi connectivity index (χ1) is 14.6. The van der Waals surface area contributed by atoms with Gasteiger partial charge in [-0.25, -0.2) is 4.79 Å². The molecule has 30 heavy (non-hydrogen) atoms. The van der Waals surface area contributed by atoms with E-state index in [-0.39, 0.29) is 17.6 Å². The van der Waals surface area contributed by atoms with Crippen molar-refractivity contribution in [3.05, 3.63) is 77.8 Å². The van der Waals surface area contributed by atoms with Gasteiger partial charge < -0.3 is 24.5 Å². The summed E-state index contributed by atoms with van der Waals surface area (Å²) in [5, 5.41) is 13.4. The fourth-order valence-corrected chi connectivity index (χ4v) is 4.02. The van der Waals surface area contributed by atoms with Crippen molar-refractivity contribution in [2.45, 2.75) is 12.1 Å². The first-order valence-electron chi connectivity index (χ1n) is 9.49. The molecule has 8 heteroatoms. The second-order valence-corrected chi connectivity index (χ2v) is 7.25. The summed E-state index contributed by atoms with van der Waals surface area (Å²) >= 11 is 5.58. The van der Waals surface area contributed by atoms with Crippen molar-refractivity contribution >= 4 is 23.3 Å². The van der Waals surface area contributed by atoms with Crippen LogP contribution in [0.15, 0.2) is 65.2 Å². The van der Waals surface area contributed by atoms with Crippen molar-refractivity contribution in [2.75, 3.05) is 20.3 Å². The van der Waals surface area contributed by atoms with Gasteiger partial charge in [-0.2, -0.15) is 0 Å². The third-order valence-electron chi connectivity index (χ3n) is 5.08. The Labute approximate surface area is 179 Å². The fourth-order valence-electron chi connectivity index (χ4n) is 3.69. The Hall–Kier alpha value is -3.23. The monoisotopic (exact) mass is 423 g/mol. The summed E-state index contributed by atoms with van der Waals surface area (Å²) in [4.78, 5) is 18.1. The SMILES string of the molecule is COCCN1C(=S)N[C@@H](c2ccccn2)[C@H]1c1ccc(-c2ccccc2C(=O)O)o1. The smallest absolute Gasteiger partial charge is 0.336 e. The van der Waals surface area contributed by atoms with Gasteiger partial charge in [0.05, 0.1) is 23.9 Å². The molecule has 2 atom stereocenters. The molecule has 0 saturated carbocycles. The zero-order valence-electron chi connectivity index (χ0n) is 16.3.